The van der Waals surface area contributed by atoms with Gasteiger partial charge in [0.05, 0.1) is 11.6 Å². The molecular formula is C19H21ClF2N4O. The molecule has 1 amide bonds. The number of alkyl halides is 1. The molecule has 1 aliphatic heterocycles. The second kappa shape index (κ2) is 8.27. The van der Waals surface area contributed by atoms with E-state index in [1.807, 2.05) is 0 Å². The summed E-state index contributed by atoms with van der Waals surface area (Å²) in [7, 11) is 0. The molecule has 1 unspecified atom stereocenters. The molecule has 144 valence electrons. The van der Waals surface area contributed by atoms with Gasteiger partial charge in [0.2, 0.25) is 0 Å². The molecule has 1 fully saturated rings. The maximum atomic E-state index is 15.6. The summed E-state index contributed by atoms with van der Waals surface area (Å²) in [5.41, 5.74) is -1.82. The number of nitrogens with zero attached hydrogens (tertiary/aromatic N) is 3. The topological polar surface area (TPSA) is 58.1 Å². The molecule has 5 nitrogen and oxygen atoms in total. The van der Waals surface area contributed by atoms with Gasteiger partial charge in [0.1, 0.15) is 17.3 Å². The van der Waals surface area contributed by atoms with Gasteiger partial charge in [0, 0.05) is 55.8 Å². The average Bonchev–Trinajstić information content (AvgIpc) is 2.68. The summed E-state index contributed by atoms with van der Waals surface area (Å²) in [5.74, 6) is -1.24. The molecule has 0 saturated carbocycles. The van der Waals surface area contributed by atoms with Crippen molar-refractivity contribution in [3.05, 3.63) is 58.4 Å². The normalized spacial score (nSPS) is 24.5. The number of hydrogen-bond acceptors (Lipinski definition) is 4. The number of carbonyl (C=O) groups is 1. The molecular weight excluding hydrogens is 374 g/mol. The van der Waals surface area contributed by atoms with E-state index in [0.29, 0.717) is 0 Å². The summed E-state index contributed by atoms with van der Waals surface area (Å²) >= 11 is 5.70. The number of aryl methyl sites for hydroxylation is 1. The maximum absolute atomic E-state index is 15.6. The first-order valence-corrected chi connectivity index (χ1v) is 8.71. The largest absolute Gasteiger partial charge is 0.338 e. The number of halogens is 3. The first-order chi connectivity index (χ1) is 14.3. The van der Waals surface area contributed by atoms with Crippen molar-refractivity contribution in [1.29, 1.82) is 0 Å². The highest BCUT2D eigenvalue weighted by atomic mass is 35.5. The Morgan fingerprint density at radius 2 is 2.19 bits per heavy atom. The molecule has 1 saturated heterocycles. The van der Waals surface area contributed by atoms with Crippen molar-refractivity contribution in [2.75, 3.05) is 19.5 Å². The fourth-order valence-corrected chi connectivity index (χ4v) is 2.72. The van der Waals surface area contributed by atoms with Gasteiger partial charge < -0.3 is 10.2 Å². The van der Waals surface area contributed by atoms with E-state index in [2.05, 4.69) is 15.3 Å². The number of nitrogens with one attached hydrogen (secondary N) is 1. The summed E-state index contributed by atoms with van der Waals surface area (Å²) in [6, 6.07) is 3.23. The third-order valence-electron chi connectivity index (χ3n) is 4.09. The van der Waals surface area contributed by atoms with E-state index in [1.165, 1.54) is 6.07 Å². The monoisotopic (exact) mass is 398 g/mol. The number of likely N-dealkylation sites (tertiary alicyclic amines) is 1. The van der Waals surface area contributed by atoms with Gasteiger partial charge >= 0.3 is 0 Å². The van der Waals surface area contributed by atoms with Crippen LogP contribution in [-0.4, -0.2) is 46.0 Å². The lowest BCUT2D eigenvalue weighted by Crippen LogP contribution is -2.48. The Morgan fingerprint density at radius 3 is 2.85 bits per heavy atom. The van der Waals surface area contributed by atoms with E-state index in [1.54, 1.807) is 19.3 Å². The van der Waals surface area contributed by atoms with Gasteiger partial charge in [-0.1, -0.05) is 11.6 Å². The van der Waals surface area contributed by atoms with Crippen molar-refractivity contribution in [2.24, 2.45) is 0 Å². The van der Waals surface area contributed by atoms with Crippen LogP contribution < -0.4 is 5.32 Å². The highest BCUT2D eigenvalue weighted by Gasteiger charge is 2.36. The quantitative estimate of drug-likeness (QED) is 0.839. The molecule has 1 aromatic carbocycles. The number of carbonyl (C=O) groups excluding carboxylic acids is 1. The summed E-state index contributed by atoms with van der Waals surface area (Å²) in [6.07, 6.45) is 1.77. The van der Waals surface area contributed by atoms with E-state index in [4.69, 9.17) is 17.1 Å². The Balaban J connectivity index is 1.74. The summed E-state index contributed by atoms with van der Waals surface area (Å²) in [6.45, 7) is -3.83. The van der Waals surface area contributed by atoms with Crippen LogP contribution >= 0.6 is 11.6 Å². The van der Waals surface area contributed by atoms with Gasteiger partial charge in [0.15, 0.2) is 0 Å². The zero-order chi connectivity index (χ0) is 23.0. The lowest BCUT2D eigenvalue weighted by atomic mass is 9.92. The van der Waals surface area contributed by atoms with E-state index in [-0.39, 0.29) is 29.5 Å². The lowest BCUT2D eigenvalue weighted by molar-refractivity contribution is 0.0434. The molecule has 1 atom stereocenters. The molecule has 2 aromatic rings. The van der Waals surface area contributed by atoms with Gasteiger partial charge in [-0.3, -0.25) is 4.79 Å². The third kappa shape index (κ3) is 4.99. The van der Waals surface area contributed by atoms with E-state index in [0.717, 1.165) is 22.6 Å². The zero-order valence-electron chi connectivity index (χ0n) is 18.6. The Morgan fingerprint density at radius 1 is 1.44 bits per heavy atom. The van der Waals surface area contributed by atoms with Gasteiger partial charge in [0.25, 0.3) is 5.91 Å². The molecule has 1 aromatic heterocycles. The number of aromatic nitrogens is 2. The van der Waals surface area contributed by atoms with Crippen LogP contribution in [0.2, 0.25) is 5.02 Å². The number of hydrogen-bond donors (Lipinski definition) is 1. The minimum Gasteiger partial charge on any atom is -0.338 e. The first kappa shape index (κ1) is 14.9. The van der Waals surface area contributed by atoms with E-state index >= 15 is 4.39 Å². The number of benzene rings is 1. The molecule has 0 spiro atoms. The van der Waals surface area contributed by atoms with Gasteiger partial charge in [-0.15, -0.1) is 0 Å². The predicted molar refractivity (Wildman–Crippen MR) is 98.9 cm³/mol. The molecule has 27 heavy (non-hydrogen) atoms. The van der Waals surface area contributed by atoms with Crippen molar-refractivity contribution in [1.82, 2.24) is 20.2 Å². The fourth-order valence-electron chi connectivity index (χ4n) is 2.53. The van der Waals surface area contributed by atoms with Gasteiger partial charge in [-0.25, -0.2) is 18.7 Å². The Kier molecular flexibility index (Phi) is 4.56. The smallest absolute Gasteiger partial charge is 0.253 e. The molecule has 2 heterocycles. The van der Waals surface area contributed by atoms with Gasteiger partial charge in [-0.2, -0.15) is 0 Å². The highest BCUT2D eigenvalue weighted by Crippen LogP contribution is 2.27. The first-order valence-electron chi connectivity index (χ1n) is 10.3. The Labute approximate surface area is 167 Å². The van der Waals surface area contributed by atoms with Crippen molar-refractivity contribution in [3.8, 4) is 0 Å². The van der Waals surface area contributed by atoms with Crippen molar-refractivity contribution >= 4 is 17.5 Å². The number of amides is 1. The van der Waals surface area contributed by atoms with Crippen LogP contribution in [0.1, 0.15) is 40.1 Å². The third-order valence-corrected chi connectivity index (χ3v) is 4.38. The minimum atomic E-state index is -2.61. The fraction of sp³-hybridized carbons (Fsp3) is 0.421. The van der Waals surface area contributed by atoms with Crippen LogP contribution in [0.3, 0.4) is 0 Å². The zero-order valence-corrected chi connectivity index (χ0v) is 15.4. The van der Waals surface area contributed by atoms with E-state index in [9.17, 15) is 9.18 Å². The molecule has 3 rings (SSSR count). The van der Waals surface area contributed by atoms with Crippen LogP contribution in [0.25, 0.3) is 0 Å². The summed E-state index contributed by atoms with van der Waals surface area (Å²) in [5, 5.41) is 2.15. The van der Waals surface area contributed by atoms with Crippen LogP contribution in [0.15, 0.2) is 30.6 Å². The van der Waals surface area contributed by atoms with Crippen molar-refractivity contribution < 1.29 is 19.1 Å². The SMILES string of the molecule is [2H]C1([2H])CC(F)(C([2H])([2H])NCc2ncc(C)cn2)CCN1C(=O)c1ccc(F)c(Cl)c1. The van der Waals surface area contributed by atoms with Crippen LogP contribution in [0.4, 0.5) is 8.78 Å². The van der Waals surface area contributed by atoms with Crippen molar-refractivity contribution in [2.45, 2.75) is 32.0 Å². The Hall–Kier alpha value is -2.12. The lowest BCUT2D eigenvalue weighted by Gasteiger charge is -2.36. The predicted octanol–water partition coefficient (Wildman–Crippen LogP) is 3.31. The van der Waals surface area contributed by atoms with Crippen LogP contribution in [0, 0.1) is 12.7 Å². The molecule has 8 heteroatoms. The molecule has 0 radical (unpaired) electrons. The van der Waals surface area contributed by atoms with Crippen LogP contribution in [-0.2, 0) is 6.54 Å². The van der Waals surface area contributed by atoms with E-state index < -0.39 is 43.2 Å². The van der Waals surface area contributed by atoms with Crippen LogP contribution in [0.5, 0.6) is 0 Å². The molecule has 0 aliphatic carbocycles. The average molecular weight is 399 g/mol. The van der Waals surface area contributed by atoms with Crippen molar-refractivity contribution in [3.63, 3.8) is 0 Å². The molecule has 0 bridgehead atoms. The summed E-state index contributed by atoms with van der Waals surface area (Å²) in [4.78, 5) is 21.6. The highest BCUT2D eigenvalue weighted by molar-refractivity contribution is 6.31. The molecule has 1 N–H and O–H groups in total. The van der Waals surface area contributed by atoms with Gasteiger partial charge in [-0.05, 0) is 30.7 Å². The standard InChI is InChI=1S/C19H21ClF2N4O/c1-13-9-24-17(25-10-13)11-23-12-19(22)4-6-26(7-5-19)18(27)14-2-3-16(21)15(20)8-14/h2-3,8-10,23H,4-7,11-12H2,1H3/i6D2,12D2. The number of piperidine rings is 1. The minimum absolute atomic E-state index is 0.0423. The molecule has 1 aliphatic rings. The number of rotatable bonds is 5. The maximum Gasteiger partial charge on any atom is 0.253 e. The summed E-state index contributed by atoms with van der Waals surface area (Å²) < 4.78 is 61.8. The second-order valence-electron chi connectivity index (χ2n) is 6.29. The Bertz CT molecular complexity index is 980. The second-order valence-corrected chi connectivity index (χ2v) is 6.70.